The van der Waals surface area contributed by atoms with E-state index in [4.69, 9.17) is 9.26 Å². The predicted molar refractivity (Wildman–Crippen MR) is 114 cm³/mol. The van der Waals surface area contributed by atoms with Crippen LogP contribution >= 0.6 is 0 Å². The number of carbonyl (C=O) groups excluding carboxylic acids is 1. The minimum absolute atomic E-state index is 0.0148. The van der Waals surface area contributed by atoms with Gasteiger partial charge in [0.05, 0.1) is 28.6 Å². The molecule has 0 saturated heterocycles. The molecule has 5 rings (SSSR count). The van der Waals surface area contributed by atoms with Crippen molar-refractivity contribution in [2.75, 3.05) is 6.61 Å². The van der Waals surface area contributed by atoms with Gasteiger partial charge in [-0.3, -0.25) is 0 Å². The molecular formula is C22H18N4O5S. The van der Waals surface area contributed by atoms with Gasteiger partial charge >= 0.3 is 5.97 Å². The number of nitrogens with zero attached hydrogens (tertiary/aromatic N) is 4. The van der Waals surface area contributed by atoms with Gasteiger partial charge in [-0.25, -0.2) is 17.9 Å². The molecule has 10 heteroatoms. The number of hydrogen-bond acceptors (Lipinski definition) is 8. The smallest absolute Gasteiger partial charge is 0.359 e. The molecule has 0 spiro atoms. The van der Waals surface area contributed by atoms with Crippen LogP contribution in [0, 0.1) is 6.92 Å². The van der Waals surface area contributed by atoms with Crippen LogP contribution in [0.25, 0.3) is 28.4 Å². The second-order valence-electron chi connectivity index (χ2n) is 7.26. The molecule has 0 atom stereocenters. The van der Waals surface area contributed by atoms with Crippen LogP contribution < -0.4 is 0 Å². The van der Waals surface area contributed by atoms with Gasteiger partial charge in [-0.05, 0) is 38.1 Å². The summed E-state index contributed by atoms with van der Waals surface area (Å²) < 4.78 is 37.9. The largest absolute Gasteiger partial charge is 0.461 e. The summed E-state index contributed by atoms with van der Waals surface area (Å²) in [4.78, 5) is 17.1. The van der Waals surface area contributed by atoms with Crippen LogP contribution in [0.2, 0.25) is 0 Å². The van der Waals surface area contributed by atoms with E-state index in [-0.39, 0.29) is 22.9 Å². The monoisotopic (exact) mass is 450 g/mol. The normalized spacial score (nSPS) is 13.9. The van der Waals surface area contributed by atoms with Gasteiger partial charge in [0.25, 0.3) is 5.89 Å². The average molecular weight is 450 g/mol. The standard InChI is InChI=1S/C22H18N4O5S/c1-3-30-22(27)19-17-12-32(28,29)18-10-5-4-9-16(18)20(17)26(24-19)15-8-6-7-14(11-15)21-23-13(2)25-31-21/h4-11H,3,12H2,1-2H3. The zero-order valence-corrected chi connectivity index (χ0v) is 18.1. The molecule has 0 unspecified atom stereocenters. The van der Waals surface area contributed by atoms with E-state index in [0.29, 0.717) is 39.8 Å². The Morgan fingerprint density at radius 2 is 2.00 bits per heavy atom. The molecule has 9 nitrogen and oxygen atoms in total. The quantitative estimate of drug-likeness (QED) is 0.435. The van der Waals surface area contributed by atoms with Crippen molar-refractivity contribution >= 4 is 15.8 Å². The van der Waals surface area contributed by atoms with Crippen LogP contribution in [0.3, 0.4) is 0 Å². The number of esters is 1. The Hall–Kier alpha value is -3.79. The van der Waals surface area contributed by atoms with E-state index in [1.807, 2.05) is 6.07 Å². The van der Waals surface area contributed by atoms with E-state index in [1.165, 1.54) is 0 Å². The maximum atomic E-state index is 12.9. The molecular weight excluding hydrogens is 432 g/mol. The third-order valence-electron chi connectivity index (χ3n) is 5.13. The molecule has 2 aromatic carbocycles. The highest BCUT2D eigenvalue weighted by Gasteiger charge is 2.36. The number of carbonyl (C=O) groups is 1. The second kappa shape index (κ2) is 7.41. The highest BCUT2D eigenvalue weighted by atomic mass is 32.2. The number of rotatable bonds is 4. The van der Waals surface area contributed by atoms with Crippen molar-refractivity contribution in [2.24, 2.45) is 0 Å². The molecule has 0 amide bonds. The first-order valence-corrected chi connectivity index (χ1v) is 11.6. The van der Waals surface area contributed by atoms with Gasteiger partial charge in [0, 0.05) is 16.7 Å². The van der Waals surface area contributed by atoms with E-state index < -0.39 is 15.8 Å². The first-order chi connectivity index (χ1) is 15.4. The van der Waals surface area contributed by atoms with Crippen LogP contribution in [-0.2, 0) is 20.3 Å². The van der Waals surface area contributed by atoms with Gasteiger partial charge in [0.15, 0.2) is 21.4 Å². The van der Waals surface area contributed by atoms with E-state index in [2.05, 4.69) is 15.2 Å². The second-order valence-corrected chi connectivity index (χ2v) is 9.22. The molecule has 0 saturated carbocycles. The van der Waals surface area contributed by atoms with Crippen molar-refractivity contribution in [1.82, 2.24) is 19.9 Å². The molecule has 1 aliphatic heterocycles. The number of benzene rings is 2. The molecule has 2 aromatic heterocycles. The van der Waals surface area contributed by atoms with Gasteiger partial charge in [-0.15, -0.1) is 0 Å². The van der Waals surface area contributed by atoms with Crippen LogP contribution in [0.5, 0.6) is 0 Å². The van der Waals surface area contributed by atoms with Crippen LogP contribution in [0.4, 0.5) is 0 Å². The number of ether oxygens (including phenoxy) is 1. The van der Waals surface area contributed by atoms with Crippen molar-refractivity contribution in [2.45, 2.75) is 24.5 Å². The lowest BCUT2D eigenvalue weighted by Gasteiger charge is -2.19. The highest BCUT2D eigenvalue weighted by molar-refractivity contribution is 7.90. The first kappa shape index (κ1) is 20.1. The number of sulfone groups is 1. The molecule has 0 fully saturated rings. The summed E-state index contributed by atoms with van der Waals surface area (Å²) in [6.07, 6.45) is 0. The van der Waals surface area contributed by atoms with E-state index in [9.17, 15) is 13.2 Å². The summed E-state index contributed by atoms with van der Waals surface area (Å²) in [7, 11) is -3.64. The van der Waals surface area contributed by atoms with Crippen LogP contribution in [-0.4, -0.2) is 40.9 Å². The molecule has 0 bridgehead atoms. The van der Waals surface area contributed by atoms with Gasteiger partial charge < -0.3 is 9.26 Å². The Labute approximate surface area is 183 Å². The van der Waals surface area contributed by atoms with E-state index in [0.717, 1.165) is 0 Å². The molecule has 0 N–H and O–H groups in total. The van der Waals surface area contributed by atoms with E-state index in [1.54, 1.807) is 61.0 Å². The fourth-order valence-corrected chi connectivity index (χ4v) is 5.39. The SMILES string of the molecule is CCOC(=O)c1nn(-c2cccc(-c3nc(C)no3)c2)c2c1CS(=O)(=O)c1ccccc1-2. The topological polar surface area (TPSA) is 117 Å². The molecule has 162 valence electrons. The Morgan fingerprint density at radius 3 is 2.75 bits per heavy atom. The molecule has 32 heavy (non-hydrogen) atoms. The summed E-state index contributed by atoms with van der Waals surface area (Å²) in [5, 5.41) is 8.32. The van der Waals surface area contributed by atoms with Gasteiger partial charge in [-0.1, -0.05) is 29.4 Å². The van der Waals surface area contributed by atoms with Crippen molar-refractivity contribution < 1.29 is 22.5 Å². The number of aromatic nitrogens is 4. The summed E-state index contributed by atoms with van der Waals surface area (Å²) in [6.45, 7) is 3.56. The lowest BCUT2D eigenvalue weighted by molar-refractivity contribution is 0.0518. The Bertz CT molecular complexity index is 1470. The predicted octanol–water partition coefficient (Wildman–Crippen LogP) is 3.36. The van der Waals surface area contributed by atoms with Gasteiger partial charge in [-0.2, -0.15) is 10.1 Å². The molecule has 0 radical (unpaired) electrons. The van der Waals surface area contributed by atoms with Crippen molar-refractivity contribution in [1.29, 1.82) is 0 Å². The Balaban J connectivity index is 1.76. The van der Waals surface area contributed by atoms with Crippen molar-refractivity contribution in [3.05, 3.63) is 65.6 Å². The summed E-state index contributed by atoms with van der Waals surface area (Å²) in [5.74, 6) is -0.152. The molecule has 3 heterocycles. The summed E-state index contributed by atoms with van der Waals surface area (Å²) in [5.41, 5.74) is 2.61. The number of fused-ring (bicyclic) bond motifs is 3. The molecule has 0 aliphatic carbocycles. The number of aryl methyl sites for hydroxylation is 1. The van der Waals surface area contributed by atoms with Crippen LogP contribution in [0.15, 0.2) is 57.9 Å². The summed E-state index contributed by atoms with van der Waals surface area (Å²) >= 11 is 0. The van der Waals surface area contributed by atoms with Crippen LogP contribution in [0.1, 0.15) is 28.8 Å². The maximum Gasteiger partial charge on any atom is 0.359 e. The van der Waals surface area contributed by atoms with Gasteiger partial charge in [0.1, 0.15) is 0 Å². The molecule has 4 aromatic rings. The Morgan fingerprint density at radius 1 is 1.19 bits per heavy atom. The summed E-state index contributed by atoms with van der Waals surface area (Å²) in [6, 6.07) is 13.9. The molecule has 1 aliphatic rings. The highest BCUT2D eigenvalue weighted by Crippen LogP contribution is 2.40. The Kier molecular flexibility index (Phi) is 4.66. The minimum atomic E-state index is -3.64. The minimum Gasteiger partial charge on any atom is -0.461 e. The van der Waals surface area contributed by atoms with E-state index >= 15 is 0 Å². The lowest BCUT2D eigenvalue weighted by Crippen LogP contribution is -2.16. The maximum absolute atomic E-state index is 12.9. The van der Waals surface area contributed by atoms with Gasteiger partial charge in [0.2, 0.25) is 0 Å². The fourth-order valence-electron chi connectivity index (χ4n) is 3.80. The zero-order chi connectivity index (χ0) is 22.5. The van der Waals surface area contributed by atoms with Crippen molar-refractivity contribution in [3.63, 3.8) is 0 Å². The third-order valence-corrected chi connectivity index (χ3v) is 6.82. The number of hydrogen-bond donors (Lipinski definition) is 0. The third kappa shape index (κ3) is 3.19. The van der Waals surface area contributed by atoms with Crippen molar-refractivity contribution in [3.8, 4) is 28.4 Å². The first-order valence-electron chi connectivity index (χ1n) is 9.91. The average Bonchev–Trinajstić information content (AvgIpc) is 3.38. The zero-order valence-electron chi connectivity index (χ0n) is 17.3. The lowest BCUT2D eigenvalue weighted by atomic mass is 10.1. The fraction of sp³-hybridized carbons (Fsp3) is 0.182.